The monoisotopic (exact) mass is 379 g/mol. The molecule has 0 aliphatic rings. The van der Waals surface area contributed by atoms with Crippen LogP contribution in [0.1, 0.15) is 9.88 Å². The average molecular weight is 380 g/mol. The molecule has 0 radical (unpaired) electrons. The van der Waals surface area contributed by atoms with E-state index >= 15 is 0 Å². The van der Waals surface area contributed by atoms with Crippen LogP contribution in [0.2, 0.25) is 4.34 Å². The van der Waals surface area contributed by atoms with E-state index < -0.39 is 0 Å². The van der Waals surface area contributed by atoms with Gasteiger partial charge in [0.25, 0.3) is 0 Å². The number of hydrogen-bond acceptors (Lipinski definition) is 5. The number of amides is 1. The summed E-state index contributed by atoms with van der Waals surface area (Å²) in [4.78, 5) is 21.9. The van der Waals surface area contributed by atoms with Crippen LogP contribution in [0, 0.1) is 0 Å². The number of halogens is 1. The molecule has 0 aliphatic heterocycles. The third kappa shape index (κ3) is 4.33. The first-order valence-corrected chi connectivity index (χ1v) is 9.53. The highest BCUT2D eigenvalue weighted by molar-refractivity contribution is 7.18. The van der Waals surface area contributed by atoms with Gasteiger partial charge >= 0.3 is 0 Å². The van der Waals surface area contributed by atoms with Gasteiger partial charge in [-0.15, -0.1) is 22.7 Å². The minimum Gasteiger partial charge on any atom is -0.338 e. The highest BCUT2D eigenvalue weighted by Gasteiger charge is 2.15. The molecule has 24 heavy (non-hydrogen) atoms. The number of para-hydroxylation sites is 1. The normalized spacial score (nSPS) is 11.3. The molecule has 1 amide bonds. The number of fused-ring (bicyclic) bond motifs is 1. The van der Waals surface area contributed by atoms with Crippen molar-refractivity contribution in [3.8, 4) is 0 Å². The van der Waals surface area contributed by atoms with Crippen molar-refractivity contribution in [1.82, 2.24) is 14.8 Å². The molecule has 0 fully saturated rings. The van der Waals surface area contributed by atoms with Crippen LogP contribution in [-0.2, 0) is 17.9 Å². The Morgan fingerprint density at radius 3 is 2.62 bits per heavy atom. The molecule has 0 N–H and O–H groups in total. The Morgan fingerprint density at radius 2 is 1.92 bits per heavy atom. The zero-order valence-corrected chi connectivity index (χ0v) is 15.9. The number of thiophene rings is 1. The zero-order valence-electron chi connectivity index (χ0n) is 13.5. The molecule has 126 valence electrons. The van der Waals surface area contributed by atoms with Crippen LogP contribution < -0.4 is 0 Å². The number of thiazole rings is 1. The second-order valence-corrected chi connectivity index (χ2v) is 8.62. The van der Waals surface area contributed by atoms with E-state index in [9.17, 15) is 4.79 Å². The number of nitrogens with zero attached hydrogens (tertiary/aromatic N) is 3. The number of benzene rings is 1. The summed E-state index contributed by atoms with van der Waals surface area (Å²) in [6, 6.07) is 11.9. The summed E-state index contributed by atoms with van der Waals surface area (Å²) in [5, 5.41) is 0.958. The second-order valence-electron chi connectivity index (χ2n) is 5.70. The van der Waals surface area contributed by atoms with Gasteiger partial charge in [0.05, 0.1) is 27.6 Å². The molecule has 0 saturated carbocycles. The Bertz CT molecular complexity index is 812. The first kappa shape index (κ1) is 17.4. The molecule has 3 rings (SSSR count). The molecule has 0 spiro atoms. The number of carbonyl (C=O) groups excluding carboxylic acids is 1. The molecule has 7 heteroatoms. The highest BCUT2D eigenvalue weighted by Crippen LogP contribution is 2.23. The average Bonchev–Trinajstić information content (AvgIpc) is 3.12. The van der Waals surface area contributed by atoms with Gasteiger partial charge in [0.1, 0.15) is 5.01 Å². The van der Waals surface area contributed by atoms with Crippen LogP contribution in [0.25, 0.3) is 10.2 Å². The third-order valence-electron chi connectivity index (χ3n) is 3.60. The van der Waals surface area contributed by atoms with Gasteiger partial charge in [-0.05, 0) is 31.3 Å². The quantitative estimate of drug-likeness (QED) is 0.646. The van der Waals surface area contributed by atoms with Crippen LogP contribution in [0.5, 0.6) is 0 Å². The van der Waals surface area contributed by atoms with E-state index in [1.807, 2.05) is 49.3 Å². The summed E-state index contributed by atoms with van der Waals surface area (Å²) >= 11 is 9.13. The van der Waals surface area contributed by atoms with Gasteiger partial charge in [-0.1, -0.05) is 23.7 Å². The van der Waals surface area contributed by atoms with Gasteiger partial charge in [-0.2, -0.15) is 0 Å². The van der Waals surface area contributed by atoms with Crippen molar-refractivity contribution in [1.29, 1.82) is 0 Å². The van der Waals surface area contributed by atoms with Crippen molar-refractivity contribution in [2.45, 2.75) is 13.1 Å². The van der Waals surface area contributed by atoms with Gasteiger partial charge in [-0.25, -0.2) is 4.98 Å². The van der Waals surface area contributed by atoms with Crippen molar-refractivity contribution in [2.75, 3.05) is 20.6 Å². The number of aromatic nitrogens is 1. The maximum absolute atomic E-state index is 12.4. The lowest BCUT2D eigenvalue weighted by molar-refractivity contribution is -0.131. The van der Waals surface area contributed by atoms with Crippen molar-refractivity contribution in [2.24, 2.45) is 0 Å². The molecule has 3 aromatic rings. The Morgan fingerprint density at radius 1 is 1.12 bits per heavy atom. The highest BCUT2D eigenvalue weighted by atomic mass is 35.5. The van der Waals surface area contributed by atoms with Gasteiger partial charge in [0.15, 0.2) is 0 Å². The van der Waals surface area contributed by atoms with E-state index in [1.165, 1.54) is 0 Å². The number of likely N-dealkylation sites (N-methyl/N-ethyl adjacent to an activating group) is 2. The fourth-order valence-corrected chi connectivity index (χ4v) is 4.58. The first-order valence-electron chi connectivity index (χ1n) is 7.52. The first-order chi connectivity index (χ1) is 11.5. The summed E-state index contributed by atoms with van der Waals surface area (Å²) in [6.07, 6.45) is 0. The van der Waals surface area contributed by atoms with Gasteiger partial charge in [0, 0.05) is 18.5 Å². The second kappa shape index (κ2) is 7.61. The van der Waals surface area contributed by atoms with Crippen molar-refractivity contribution in [3.63, 3.8) is 0 Å². The predicted molar refractivity (Wildman–Crippen MR) is 102 cm³/mol. The summed E-state index contributed by atoms with van der Waals surface area (Å²) in [5.41, 5.74) is 0.991. The molecule has 0 bridgehead atoms. The fraction of sp³-hybridized carbons (Fsp3) is 0.294. The maximum atomic E-state index is 12.4. The maximum Gasteiger partial charge on any atom is 0.236 e. The lowest BCUT2D eigenvalue weighted by atomic mass is 10.3. The minimum absolute atomic E-state index is 0.0828. The van der Waals surface area contributed by atoms with Crippen molar-refractivity contribution in [3.05, 3.63) is 50.6 Å². The van der Waals surface area contributed by atoms with Crippen LogP contribution in [-0.4, -0.2) is 41.3 Å². The number of carbonyl (C=O) groups is 1. The zero-order chi connectivity index (χ0) is 17.1. The SMILES string of the molecule is CN(CC(=O)N(C)Cc1nc2ccccc2s1)Cc1ccc(Cl)s1. The Labute approximate surface area is 154 Å². The standard InChI is InChI=1S/C17H18ClN3OS2/c1-20(9-12-7-8-15(18)23-12)11-17(22)21(2)10-16-19-13-5-3-4-6-14(13)24-16/h3-8H,9-11H2,1-2H3. The van der Waals surface area contributed by atoms with Crippen LogP contribution >= 0.6 is 34.3 Å². The summed E-state index contributed by atoms with van der Waals surface area (Å²) in [6.45, 7) is 1.63. The van der Waals surface area contributed by atoms with Crippen LogP contribution in [0.4, 0.5) is 0 Å². The molecule has 2 aromatic heterocycles. The third-order valence-corrected chi connectivity index (χ3v) is 5.83. The topological polar surface area (TPSA) is 36.4 Å². The summed E-state index contributed by atoms with van der Waals surface area (Å²) in [5.74, 6) is 0.0828. The lowest BCUT2D eigenvalue weighted by Gasteiger charge is -2.20. The van der Waals surface area contributed by atoms with E-state index in [4.69, 9.17) is 11.6 Å². The van der Waals surface area contributed by atoms with E-state index in [0.717, 1.165) is 31.0 Å². The Kier molecular flexibility index (Phi) is 5.50. The van der Waals surface area contributed by atoms with Crippen molar-refractivity contribution >= 4 is 50.4 Å². The predicted octanol–water partition coefficient (Wildman–Crippen LogP) is 4.10. The van der Waals surface area contributed by atoms with E-state index in [1.54, 1.807) is 27.6 Å². The largest absolute Gasteiger partial charge is 0.338 e. The molecule has 2 heterocycles. The summed E-state index contributed by atoms with van der Waals surface area (Å²) < 4.78 is 1.93. The van der Waals surface area contributed by atoms with Crippen molar-refractivity contribution < 1.29 is 4.79 Å². The van der Waals surface area contributed by atoms with Gasteiger partial charge < -0.3 is 4.90 Å². The fourth-order valence-electron chi connectivity index (χ4n) is 2.39. The number of hydrogen-bond donors (Lipinski definition) is 0. The lowest BCUT2D eigenvalue weighted by Crippen LogP contribution is -2.35. The molecule has 0 atom stereocenters. The van der Waals surface area contributed by atoms with Gasteiger partial charge in [-0.3, -0.25) is 9.69 Å². The molecule has 1 aromatic carbocycles. The number of rotatable bonds is 6. The molecule has 0 aliphatic carbocycles. The Hall–Kier alpha value is -1.47. The van der Waals surface area contributed by atoms with E-state index in [-0.39, 0.29) is 5.91 Å². The van der Waals surface area contributed by atoms with E-state index in [0.29, 0.717) is 13.1 Å². The van der Waals surface area contributed by atoms with Crippen LogP contribution in [0.15, 0.2) is 36.4 Å². The smallest absolute Gasteiger partial charge is 0.236 e. The molecule has 0 saturated heterocycles. The van der Waals surface area contributed by atoms with Gasteiger partial charge in [0.2, 0.25) is 5.91 Å². The van der Waals surface area contributed by atoms with E-state index in [2.05, 4.69) is 11.1 Å². The molecular weight excluding hydrogens is 362 g/mol. The molecule has 0 unspecified atom stereocenters. The van der Waals surface area contributed by atoms with Crippen LogP contribution in [0.3, 0.4) is 0 Å². The molecule has 4 nitrogen and oxygen atoms in total. The molecular formula is C17H18ClN3OS2. The minimum atomic E-state index is 0.0828. The Balaban J connectivity index is 1.55. The summed E-state index contributed by atoms with van der Waals surface area (Å²) in [7, 11) is 3.77.